The van der Waals surface area contributed by atoms with Gasteiger partial charge in [0.2, 0.25) is 0 Å². The van der Waals surface area contributed by atoms with E-state index >= 15 is 0 Å². The van der Waals surface area contributed by atoms with Crippen molar-refractivity contribution in [3.63, 3.8) is 0 Å². The minimum absolute atomic E-state index is 0.195. The first-order chi connectivity index (χ1) is 9.84. The summed E-state index contributed by atoms with van der Waals surface area (Å²) in [6, 6.07) is 9.84. The van der Waals surface area contributed by atoms with Crippen molar-refractivity contribution in [2.75, 3.05) is 0 Å². The molecule has 3 fully saturated rings. The molecule has 1 aromatic rings. The van der Waals surface area contributed by atoms with Crippen LogP contribution < -0.4 is 0 Å². The molecule has 2 bridgehead atoms. The molecule has 1 aromatic carbocycles. The van der Waals surface area contributed by atoms with E-state index in [-0.39, 0.29) is 5.41 Å². The van der Waals surface area contributed by atoms with Crippen molar-refractivity contribution in [1.82, 2.24) is 0 Å². The third kappa shape index (κ3) is 2.43. The summed E-state index contributed by atoms with van der Waals surface area (Å²) in [6.45, 7) is 6.47. The number of aliphatic hydroxyl groups excluding tert-OH is 1. The maximum atomic E-state index is 10.4. The van der Waals surface area contributed by atoms with Crippen molar-refractivity contribution >= 4 is 7.12 Å². The van der Waals surface area contributed by atoms with Crippen LogP contribution in [0.15, 0.2) is 30.3 Å². The average Bonchev–Trinajstić information content (AvgIpc) is 2.42. The summed E-state index contributed by atoms with van der Waals surface area (Å²) in [4.78, 5) is 0. The number of rotatable bonds is 4. The second-order valence-corrected chi connectivity index (χ2v) is 7.50. The second-order valence-electron chi connectivity index (χ2n) is 7.50. The van der Waals surface area contributed by atoms with Crippen LogP contribution in [0.25, 0.3) is 0 Å². The van der Waals surface area contributed by atoms with Crippen LogP contribution in [-0.4, -0.2) is 29.0 Å². The Labute approximate surface area is 127 Å². The largest absolute Gasteiger partial charge is 0.459 e. The molecular formula is C17H25BO3. The van der Waals surface area contributed by atoms with Crippen LogP contribution in [0, 0.1) is 17.3 Å². The van der Waals surface area contributed by atoms with E-state index in [1.165, 1.54) is 0 Å². The van der Waals surface area contributed by atoms with Gasteiger partial charge in [-0.2, -0.15) is 0 Å². The van der Waals surface area contributed by atoms with E-state index in [1.54, 1.807) is 0 Å². The zero-order chi connectivity index (χ0) is 15.3. The van der Waals surface area contributed by atoms with E-state index in [2.05, 4.69) is 13.8 Å². The maximum Gasteiger partial charge on any atom is 0.459 e. The lowest BCUT2D eigenvalue weighted by atomic mass is 9.43. The maximum absolute atomic E-state index is 10.4. The number of hydrogen-bond acceptors (Lipinski definition) is 3. The Morgan fingerprint density at radius 3 is 2.48 bits per heavy atom. The summed E-state index contributed by atoms with van der Waals surface area (Å²) in [6.07, 6.45) is 1.84. The van der Waals surface area contributed by atoms with E-state index < -0.39 is 18.8 Å². The smallest absolute Gasteiger partial charge is 0.427 e. The first-order valence-electron chi connectivity index (χ1n) is 7.92. The summed E-state index contributed by atoms with van der Waals surface area (Å²) in [7, 11) is -0.875. The summed E-state index contributed by atoms with van der Waals surface area (Å²) >= 11 is 0. The molecular weight excluding hydrogens is 263 g/mol. The summed E-state index contributed by atoms with van der Waals surface area (Å²) < 4.78 is 5.99. The first kappa shape index (κ1) is 15.1. The molecule has 3 aliphatic rings. The molecule has 21 heavy (non-hydrogen) atoms. The van der Waals surface area contributed by atoms with Gasteiger partial charge in [0.15, 0.2) is 0 Å². The van der Waals surface area contributed by atoms with Gasteiger partial charge in [0.25, 0.3) is 0 Å². The normalized spacial score (nSPS) is 36.9. The Morgan fingerprint density at radius 1 is 1.19 bits per heavy atom. The fourth-order valence-corrected chi connectivity index (χ4v) is 4.44. The Bertz CT molecular complexity index is 504. The Kier molecular flexibility index (Phi) is 3.67. The van der Waals surface area contributed by atoms with Gasteiger partial charge in [-0.15, -0.1) is 0 Å². The van der Waals surface area contributed by atoms with E-state index in [1.807, 2.05) is 37.3 Å². The zero-order valence-electron chi connectivity index (χ0n) is 13.1. The molecule has 3 aliphatic carbocycles. The average molecular weight is 288 g/mol. The van der Waals surface area contributed by atoms with Gasteiger partial charge in [-0.25, -0.2) is 0 Å². The lowest BCUT2D eigenvalue weighted by Gasteiger charge is -2.65. The summed E-state index contributed by atoms with van der Waals surface area (Å²) in [5.74, 6) is 0.893. The van der Waals surface area contributed by atoms with Crippen LogP contribution in [-0.2, 0) is 11.0 Å². The molecule has 4 atom stereocenters. The monoisotopic (exact) mass is 288 g/mol. The van der Waals surface area contributed by atoms with Crippen molar-refractivity contribution in [3.05, 3.63) is 35.9 Å². The van der Waals surface area contributed by atoms with E-state index in [0.717, 1.165) is 18.4 Å². The minimum Gasteiger partial charge on any atom is -0.427 e. The quantitative estimate of drug-likeness (QED) is 0.837. The van der Waals surface area contributed by atoms with E-state index in [9.17, 15) is 10.1 Å². The number of benzene rings is 1. The van der Waals surface area contributed by atoms with Gasteiger partial charge < -0.3 is 14.8 Å². The highest BCUT2D eigenvalue weighted by Crippen LogP contribution is 2.63. The zero-order valence-corrected chi connectivity index (χ0v) is 13.1. The molecule has 3 saturated carbocycles. The van der Waals surface area contributed by atoms with Gasteiger partial charge >= 0.3 is 7.12 Å². The molecule has 4 rings (SSSR count). The molecule has 114 valence electrons. The third-order valence-corrected chi connectivity index (χ3v) is 5.97. The van der Waals surface area contributed by atoms with Crippen LogP contribution in [0.4, 0.5) is 0 Å². The highest BCUT2D eigenvalue weighted by atomic mass is 16.5. The molecule has 0 amide bonds. The fourth-order valence-electron chi connectivity index (χ4n) is 4.44. The highest BCUT2D eigenvalue weighted by molar-refractivity contribution is 6.42. The standard InChI is InChI=1S/C17H25BO3/c1-16(2)13-9-14(16)17(3,15(19)10-13)21-18(20)11-12-7-5-4-6-8-12/h4-8,13-15,19-20H,9-11H2,1-3H3/t13-,14-,15+,17-/m0/s1. The highest BCUT2D eigenvalue weighted by Gasteiger charge is 2.64. The first-order valence-corrected chi connectivity index (χ1v) is 7.92. The van der Waals surface area contributed by atoms with Gasteiger partial charge in [-0.1, -0.05) is 49.7 Å². The van der Waals surface area contributed by atoms with Crippen molar-refractivity contribution in [3.8, 4) is 0 Å². The molecule has 0 heterocycles. The van der Waals surface area contributed by atoms with Crippen LogP contribution in [0.2, 0.25) is 0 Å². The van der Waals surface area contributed by atoms with E-state index in [0.29, 0.717) is 18.2 Å². The predicted molar refractivity (Wildman–Crippen MR) is 83.6 cm³/mol. The summed E-state index contributed by atoms with van der Waals surface area (Å²) in [5, 5.41) is 20.7. The van der Waals surface area contributed by atoms with Crippen molar-refractivity contribution in [1.29, 1.82) is 0 Å². The molecule has 0 aromatic heterocycles. The molecule has 3 nitrogen and oxygen atoms in total. The lowest BCUT2D eigenvalue weighted by molar-refractivity contribution is -0.238. The minimum atomic E-state index is -0.875. The molecule has 0 aliphatic heterocycles. The van der Waals surface area contributed by atoms with Crippen LogP contribution in [0.5, 0.6) is 0 Å². The Morgan fingerprint density at radius 2 is 1.86 bits per heavy atom. The van der Waals surface area contributed by atoms with Gasteiger partial charge in [-0.05, 0) is 37.0 Å². The topological polar surface area (TPSA) is 49.7 Å². The van der Waals surface area contributed by atoms with E-state index in [4.69, 9.17) is 4.65 Å². The molecule has 0 unspecified atom stereocenters. The van der Waals surface area contributed by atoms with Gasteiger partial charge in [0.1, 0.15) is 0 Å². The fraction of sp³-hybridized carbons (Fsp3) is 0.647. The van der Waals surface area contributed by atoms with Crippen LogP contribution in [0.1, 0.15) is 39.2 Å². The van der Waals surface area contributed by atoms with Gasteiger partial charge in [0.05, 0.1) is 11.7 Å². The molecule has 0 spiro atoms. The van der Waals surface area contributed by atoms with Gasteiger partial charge in [-0.3, -0.25) is 0 Å². The molecule has 4 heteroatoms. The third-order valence-electron chi connectivity index (χ3n) is 5.97. The van der Waals surface area contributed by atoms with Crippen molar-refractivity contribution in [2.45, 2.75) is 51.6 Å². The van der Waals surface area contributed by atoms with Crippen LogP contribution >= 0.6 is 0 Å². The Balaban J connectivity index is 1.70. The van der Waals surface area contributed by atoms with Gasteiger partial charge in [0, 0.05) is 6.32 Å². The number of fused-ring (bicyclic) bond motifs is 2. The Hall–Kier alpha value is -0.835. The number of aliphatic hydroxyl groups is 1. The lowest BCUT2D eigenvalue weighted by Crippen LogP contribution is -2.68. The molecule has 0 saturated heterocycles. The summed E-state index contributed by atoms with van der Waals surface area (Å²) in [5.41, 5.74) is 0.594. The molecule has 0 radical (unpaired) electrons. The molecule has 2 N–H and O–H groups in total. The predicted octanol–water partition coefficient (Wildman–Crippen LogP) is 2.45. The van der Waals surface area contributed by atoms with Crippen molar-refractivity contribution < 1.29 is 14.8 Å². The van der Waals surface area contributed by atoms with Crippen LogP contribution in [0.3, 0.4) is 0 Å². The number of hydrogen-bond donors (Lipinski definition) is 2. The SMILES string of the molecule is CC1(C)[C@@H]2C[C@@H](O)[C@@](C)(OB(O)Cc3ccccc3)[C@H]1C2. The van der Waals surface area contributed by atoms with Crippen molar-refractivity contribution in [2.24, 2.45) is 17.3 Å². The second kappa shape index (κ2) is 5.11.